The minimum atomic E-state index is 0. The minimum absolute atomic E-state index is 0. The Kier molecular flexibility index (Phi) is 7.54. The molecule has 6 nitrogen and oxygen atoms in total. The number of guanidine groups is 1. The lowest BCUT2D eigenvalue weighted by atomic mass is 10.2. The molecule has 1 N–H and O–H groups in total. The fraction of sp³-hybridized carbons (Fsp3) is 0.444. The maximum Gasteiger partial charge on any atom is 0.193 e. The zero-order valence-electron chi connectivity index (χ0n) is 14.8. The van der Waals surface area contributed by atoms with Gasteiger partial charge in [-0.25, -0.2) is 4.98 Å². The summed E-state index contributed by atoms with van der Waals surface area (Å²) in [5.41, 5.74) is 1.25. The first-order valence-electron chi connectivity index (χ1n) is 8.42. The molecule has 0 spiro atoms. The Morgan fingerprint density at radius 3 is 2.72 bits per heavy atom. The van der Waals surface area contributed by atoms with Crippen LogP contribution in [-0.2, 0) is 6.42 Å². The molecule has 0 bridgehead atoms. The Hall–Kier alpha value is -1.77. The van der Waals surface area contributed by atoms with Crippen LogP contribution in [0.3, 0.4) is 0 Å². The van der Waals surface area contributed by atoms with Crippen molar-refractivity contribution in [1.29, 1.82) is 0 Å². The number of halogens is 1. The maximum absolute atomic E-state index is 5.36. The summed E-state index contributed by atoms with van der Waals surface area (Å²) in [5, 5.41) is 3.42. The van der Waals surface area contributed by atoms with Crippen molar-refractivity contribution in [3.8, 4) is 0 Å². The van der Waals surface area contributed by atoms with E-state index in [1.54, 1.807) is 6.26 Å². The molecular formula is C18H26IN5O. The normalized spacial score (nSPS) is 15.0. The van der Waals surface area contributed by atoms with Gasteiger partial charge in [-0.05, 0) is 36.8 Å². The van der Waals surface area contributed by atoms with Crippen LogP contribution in [0.15, 0.2) is 46.1 Å². The Bertz CT molecular complexity index is 666. The average molecular weight is 455 g/mol. The van der Waals surface area contributed by atoms with E-state index in [4.69, 9.17) is 4.42 Å². The molecule has 1 aliphatic rings. The van der Waals surface area contributed by atoms with E-state index in [0.29, 0.717) is 0 Å². The molecular weight excluding hydrogens is 429 g/mol. The van der Waals surface area contributed by atoms with Gasteiger partial charge in [-0.15, -0.1) is 24.0 Å². The molecule has 0 aliphatic carbocycles. The number of aryl methyl sites for hydroxylation is 1. The molecule has 0 atom stereocenters. The Morgan fingerprint density at radius 1 is 1.28 bits per heavy atom. The van der Waals surface area contributed by atoms with Gasteiger partial charge in [0, 0.05) is 52.4 Å². The number of aromatic nitrogens is 1. The maximum atomic E-state index is 5.36. The molecule has 0 radical (unpaired) electrons. The zero-order chi connectivity index (χ0) is 16.8. The highest BCUT2D eigenvalue weighted by Crippen LogP contribution is 2.14. The highest BCUT2D eigenvalue weighted by Gasteiger charge is 2.20. The van der Waals surface area contributed by atoms with Gasteiger partial charge in [0.15, 0.2) is 5.96 Å². The minimum Gasteiger partial charge on any atom is -0.469 e. The zero-order valence-corrected chi connectivity index (χ0v) is 17.1. The van der Waals surface area contributed by atoms with E-state index < -0.39 is 0 Å². The molecule has 7 heteroatoms. The van der Waals surface area contributed by atoms with Gasteiger partial charge in [0.2, 0.25) is 0 Å². The largest absolute Gasteiger partial charge is 0.469 e. The summed E-state index contributed by atoms with van der Waals surface area (Å²) in [6.45, 7) is 6.71. The molecule has 0 aromatic carbocycles. The molecule has 136 valence electrons. The van der Waals surface area contributed by atoms with Crippen molar-refractivity contribution in [2.75, 3.05) is 44.7 Å². The van der Waals surface area contributed by atoms with E-state index in [2.05, 4.69) is 38.1 Å². The van der Waals surface area contributed by atoms with Gasteiger partial charge in [-0.2, -0.15) is 0 Å². The standard InChI is InChI=1S/C18H25N5O.HI/c1-15-5-7-20-17(14-15)22-9-11-23(12-10-22)18(19-2)21-8-6-16-4-3-13-24-16;/h3-5,7,13-14H,6,8-12H2,1-2H3,(H,19,21);1H. The summed E-state index contributed by atoms with van der Waals surface area (Å²) in [6.07, 6.45) is 4.45. The van der Waals surface area contributed by atoms with Gasteiger partial charge in [0.1, 0.15) is 11.6 Å². The van der Waals surface area contributed by atoms with E-state index in [1.165, 1.54) is 5.56 Å². The van der Waals surface area contributed by atoms with Crippen LogP contribution in [0.2, 0.25) is 0 Å². The highest BCUT2D eigenvalue weighted by atomic mass is 127. The number of hydrogen-bond acceptors (Lipinski definition) is 4. The van der Waals surface area contributed by atoms with E-state index in [9.17, 15) is 0 Å². The van der Waals surface area contributed by atoms with Crippen molar-refractivity contribution < 1.29 is 4.42 Å². The molecule has 3 heterocycles. The van der Waals surface area contributed by atoms with Crippen LogP contribution < -0.4 is 10.2 Å². The molecule has 0 unspecified atom stereocenters. The van der Waals surface area contributed by atoms with Gasteiger partial charge in [-0.1, -0.05) is 0 Å². The number of aliphatic imine (C=N–C) groups is 1. The van der Waals surface area contributed by atoms with Gasteiger partial charge in [-0.3, -0.25) is 4.99 Å². The van der Waals surface area contributed by atoms with Crippen molar-refractivity contribution in [3.05, 3.63) is 48.0 Å². The Labute approximate surface area is 166 Å². The van der Waals surface area contributed by atoms with Crippen molar-refractivity contribution >= 4 is 35.8 Å². The van der Waals surface area contributed by atoms with Crippen molar-refractivity contribution in [1.82, 2.24) is 15.2 Å². The fourth-order valence-corrected chi connectivity index (χ4v) is 2.93. The number of hydrogen-bond donors (Lipinski definition) is 1. The van der Waals surface area contributed by atoms with Crippen LogP contribution in [0.5, 0.6) is 0 Å². The predicted molar refractivity (Wildman–Crippen MR) is 112 cm³/mol. The summed E-state index contributed by atoms with van der Waals surface area (Å²) >= 11 is 0. The lowest BCUT2D eigenvalue weighted by Gasteiger charge is -2.37. The molecule has 25 heavy (non-hydrogen) atoms. The lowest BCUT2D eigenvalue weighted by Crippen LogP contribution is -2.53. The highest BCUT2D eigenvalue weighted by molar-refractivity contribution is 14.0. The molecule has 1 aliphatic heterocycles. The molecule has 1 saturated heterocycles. The monoisotopic (exact) mass is 455 g/mol. The van der Waals surface area contributed by atoms with Gasteiger partial charge < -0.3 is 19.5 Å². The second-order valence-electron chi connectivity index (χ2n) is 5.97. The first-order chi connectivity index (χ1) is 11.8. The molecule has 2 aromatic rings. The van der Waals surface area contributed by atoms with Crippen LogP contribution in [0.25, 0.3) is 0 Å². The van der Waals surface area contributed by atoms with Crippen molar-refractivity contribution in [2.45, 2.75) is 13.3 Å². The summed E-state index contributed by atoms with van der Waals surface area (Å²) in [4.78, 5) is 13.5. The first kappa shape index (κ1) is 19.6. The summed E-state index contributed by atoms with van der Waals surface area (Å²) < 4.78 is 5.36. The average Bonchev–Trinajstić information content (AvgIpc) is 3.12. The summed E-state index contributed by atoms with van der Waals surface area (Å²) in [7, 11) is 1.84. The third-order valence-electron chi connectivity index (χ3n) is 4.25. The third kappa shape index (κ3) is 5.35. The van der Waals surface area contributed by atoms with Gasteiger partial charge >= 0.3 is 0 Å². The molecule has 0 saturated carbocycles. The summed E-state index contributed by atoms with van der Waals surface area (Å²) in [5.74, 6) is 3.02. The SMILES string of the molecule is CN=C(NCCc1ccco1)N1CCN(c2cc(C)ccn2)CC1.I. The van der Waals surface area contributed by atoms with E-state index in [-0.39, 0.29) is 24.0 Å². The number of pyridine rings is 1. The Balaban J connectivity index is 0.00000225. The van der Waals surface area contributed by atoms with Crippen LogP contribution in [0, 0.1) is 6.92 Å². The third-order valence-corrected chi connectivity index (χ3v) is 4.25. The number of anilines is 1. The number of rotatable bonds is 4. The smallest absolute Gasteiger partial charge is 0.193 e. The Morgan fingerprint density at radius 2 is 2.08 bits per heavy atom. The van der Waals surface area contributed by atoms with Crippen LogP contribution >= 0.6 is 24.0 Å². The van der Waals surface area contributed by atoms with Crippen molar-refractivity contribution in [3.63, 3.8) is 0 Å². The lowest BCUT2D eigenvalue weighted by molar-refractivity contribution is 0.371. The second kappa shape index (κ2) is 9.65. The number of nitrogens with zero attached hydrogens (tertiary/aromatic N) is 4. The van der Waals surface area contributed by atoms with Crippen LogP contribution in [0.4, 0.5) is 5.82 Å². The topological polar surface area (TPSA) is 56.9 Å². The number of nitrogens with one attached hydrogen (secondary N) is 1. The van der Waals surface area contributed by atoms with E-state index in [1.807, 2.05) is 31.4 Å². The quantitative estimate of drug-likeness (QED) is 0.437. The van der Waals surface area contributed by atoms with Gasteiger partial charge in [0.25, 0.3) is 0 Å². The molecule has 0 amide bonds. The summed E-state index contributed by atoms with van der Waals surface area (Å²) in [6, 6.07) is 8.09. The fourth-order valence-electron chi connectivity index (χ4n) is 2.93. The first-order valence-corrected chi connectivity index (χ1v) is 8.42. The predicted octanol–water partition coefficient (Wildman–Crippen LogP) is 2.54. The second-order valence-corrected chi connectivity index (χ2v) is 5.97. The number of piperazine rings is 1. The van der Waals surface area contributed by atoms with Crippen LogP contribution in [-0.4, -0.2) is 55.6 Å². The van der Waals surface area contributed by atoms with Crippen LogP contribution in [0.1, 0.15) is 11.3 Å². The van der Waals surface area contributed by atoms with E-state index >= 15 is 0 Å². The molecule has 1 fully saturated rings. The molecule has 2 aromatic heterocycles. The van der Waals surface area contributed by atoms with Gasteiger partial charge in [0.05, 0.1) is 6.26 Å². The van der Waals surface area contributed by atoms with E-state index in [0.717, 1.165) is 56.7 Å². The molecule has 3 rings (SSSR count). The number of furan rings is 1. The van der Waals surface area contributed by atoms with Crippen molar-refractivity contribution in [2.24, 2.45) is 4.99 Å².